The Morgan fingerprint density at radius 2 is 1.50 bits per heavy atom. The first-order chi connectivity index (χ1) is 7.15. The predicted molar refractivity (Wildman–Crippen MR) is 52.2 cm³/mol. The largest absolute Gasteiger partial charge is 0.416 e. The summed E-state index contributed by atoms with van der Waals surface area (Å²) in [6.07, 6.45) is -4.41. The SMILES string of the molecule is CC(N)(C(N)=O)c1ccc(C(F)(F)F)cc1. The van der Waals surface area contributed by atoms with Crippen molar-refractivity contribution in [3.8, 4) is 0 Å². The number of alkyl halides is 3. The van der Waals surface area contributed by atoms with Gasteiger partial charge in [0.25, 0.3) is 0 Å². The van der Waals surface area contributed by atoms with Gasteiger partial charge in [-0.15, -0.1) is 0 Å². The minimum absolute atomic E-state index is 0.244. The molecule has 1 rings (SSSR count). The molecule has 0 fully saturated rings. The van der Waals surface area contributed by atoms with Gasteiger partial charge in [-0.3, -0.25) is 4.79 Å². The second kappa shape index (κ2) is 3.79. The molecule has 88 valence electrons. The van der Waals surface area contributed by atoms with Gasteiger partial charge in [-0.1, -0.05) is 12.1 Å². The second-order valence-corrected chi connectivity index (χ2v) is 3.64. The summed E-state index contributed by atoms with van der Waals surface area (Å²) in [4.78, 5) is 11.0. The monoisotopic (exact) mass is 232 g/mol. The van der Waals surface area contributed by atoms with E-state index in [2.05, 4.69) is 0 Å². The Morgan fingerprint density at radius 1 is 1.12 bits per heavy atom. The van der Waals surface area contributed by atoms with Crippen molar-refractivity contribution in [3.63, 3.8) is 0 Å². The summed E-state index contributed by atoms with van der Waals surface area (Å²) in [7, 11) is 0. The molecule has 1 atom stereocenters. The van der Waals surface area contributed by atoms with Crippen molar-refractivity contribution in [3.05, 3.63) is 35.4 Å². The van der Waals surface area contributed by atoms with E-state index in [1.807, 2.05) is 0 Å². The van der Waals surface area contributed by atoms with Gasteiger partial charge in [0.2, 0.25) is 5.91 Å². The molecule has 4 N–H and O–H groups in total. The van der Waals surface area contributed by atoms with E-state index in [1.54, 1.807) is 0 Å². The van der Waals surface area contributed by atoms with Crippen LogP contribution in [0.25, 0.3) is 0 Å². The number of primary amides is 1. The van der Waals surface area contributed by atoms with Gasteiger partial charge in [0.05, 0.1) is 5.56 Å². The Morgan fingerprint density at radius 3 is 1.81 bits per heavy atom. The molecular weight excluding hydrogens is 221 g/mol. The third-order valence-corrected chi connectivity index (χ3v) is 2.32. The summed E-state index contributed by atoms with van der Waals surface area (Å²) in [5.74, 6) is -0.799. The molecule has 0 saturated carbocycles. The zero-order valence-electron chi connectivity index (χ0n) is 8.51. The fourth-order valence-corrected chi connectivity index (χ4v) is 1.15. The van der Waals surface area contributed by atoms with E-state index < -0.39 is 23.2 Å². The van der Waals surface area contributed by atoms with E-state index >= 15 is 0 Å². The predicted octanol–water partition coefficient (Wildman–Crippen LogP) is 1.36. The molecule has 1 aromatic carbocycles. The molecule has 0 heterocycles. The molecule has 1 unspecified atom stereocenters. The van der Waals surface area contributed by atoms with Crippen LogP contribution >= 0.6 is 0 Å². The molecule has 0 bridgehead atoms. The van der Waals surface area contributed by atoms with Crippen LogP contribution in [0.5, 0.6) is 0 Å². The van der Waals surface area contributed by atoms with Crippen LogP contribution in [0.3, 0.4) is 0 Å². The van der Waals surface area contributed by atoms with Crippen molar-refractivity contribution < 1.29 is 18.0 Å². The zero-order valence-corrected chi connectivity index (χ0v) is 8.51. The quantitative estimate of drug-likeness (QED) is 0.808. The summed E-state index contributed by atoms with van der Waals surface area (Å²) in [5.41, 5.74) is 8.60. The summed E-state index contributed by atoms with van der Waals surface area (Å²) < 4.78 is 36.8. The molecular formula is C10H11F3N2O. The van der Waals surface area contributed by atoms with Gasteiger partial charge in [-0.2, -0.15) is 13.2 Å². The van der Waals surface area contributed by atoms with Crippen LogP contribution in [0.2, 0.25) is 0 Å². The van der Waals surface area contributed by atoms with E-state index in [4.69, 9.17) is 11.5 Å². The van der Waals surface area contributed by atoms with E-state index in [9.17, 15) is 18.0 Å². The number of carbonyl (C=O) groups is 1. The van der Waals surface area contributed by atoms with Crippen molar-refractivity contribution >= 4 is 5.91 Å². The highest BCUT2D eigenvalue weighted by Crippen LogP contribution is 2.30. The third-order valence-electron chi connectivity index (χ3n) is 2.32. The highest BCUT2D eigenvalue weighted by Gasteiger charge is 2.32. The summed E-state index contributed by atoms with van der Waals surface area (Å²) >= 11 is 0. The fraction of sp³-hybridized carbons (Fsp3) is 0.300. The van der Waals surface area contributed by atoms with Crippen molar-refractivity contribution in [1.82, 2.24) is 0 Å². The van der Waals surface area contributed by atoms with Gasteiger partial charge in [0.1, 0.15) is 5.54 Å². The molecule has 0 spiro atoms. The Kier molecular flexibility index (Phi) is 2.96. The number of amides is 1. The fourth-order valence-electron chi connectivity index (χ4n) is 1.15. The van der Waals surface area contributed by atoms with Crippen LogP contribution in [-0.4, -0.2) is 5.91 Å². The number of hydrogen-bond acceptors (Lipinski definition) is 2. The lowest BCUT2D eigenvalue weighted by Crippen LogP contribution is -2.46. The lowest BCUT2D eigenvalue weighted by molar-refractivity contribution is -0.137. The second-order valence-electron chi connectivity index (χ2n) is 3.64. The topological polar surface area (TPSA) is 69.1 Å². The number of carbonyl (C=O) groups excluding carboxylic acids is 1. The molecule has 1 aromatic rings. The van der Waals surface area contributed by atoms with E-state index in [1.165, 1.54) is 6.92 Å². The van der Waals surface area contributed by atoms with Gasteiger partial charge < -0.3 is 11.5 Å². The highest BCUT2D eigenvalue weighted by molar-refractivity contribution is 5.85. The number of rotatable bonds is 2. The van der Waals surface area contributed by atoms with Gasteiger partial charge in [0.15, 0.2) is 0 Å². The molecule has 0 radical (unpaired) electrons. The normalized spacial score (nSPS) is 15.6. The molecule has 16 heavy (non-hydrogen) atoms. The molecule has 0 aliphatic rings. The van der Waals surface area contributed by atoms with Crippen LogP contribution in [0.1, 0.15) is 18.1 Å². The molecule has 1 amide bonds. The highest BCUT2D eigenvalue weighted by atomic mass is 19.4. The maximum absolute atomic E-state index is 12.3. The average Bonchev–Trinajstić information content (AvgIpc) is 2.16. The molecule has 0 aliphatic carbocycles. The molecule has 0 aliphatic heterocycles. The molecule has 3 nitrogen and oxygen atoms in total. The third kappa shape index (κ3) is 2.33. The molecule has 6 heteroatoms. The summed E-state index contributed by atoms with van der Waals surface area (Å²) in [5, 5.41) is 0. The Bertz CT molecular complexity index is 396. The van der Waals surface area contributed by atoms with Crippen LogP contribution in [0.15, 0.2) is 24.3 Å². The molecule has 0 saturated heterocycles. The zero-order chi connectivity index (χ0) is 12.6. The van der Waals surface area contributed by atoms with Gasteiger partial charge >= 0.3 is 6.18 Å². The number of halogens is 3. The van der Waals surface area contributed by atoms with Crippen LogP contribution in [0, 0.1) is 0 Å². The van der Waals surface area contributed by atoms with Crippen molar-refractivity contribution in [2.24, 2.45) is 11.5 Å². The Labute approximate surface area is 90.2 Å². The first kappa shape index (κ1) is 12.5. The van der Waals surface area contributed by atoms with E-state index in [0.717, 1.165) is 24.3 Å². The van der Waals surface area contributed by atoms with Gasteiger partial charge in [-0.05, 0) is 24.6 Å². The lowest BCUT2D eigenvalue weighted by Gasteiger charge is -2.21. The van der Waals surface area contributed by atoms with E-state index in [-0.39, 0.29) is 5.56 Å². The average molecular weight is 232 g/mol. The van der Waals surface area contributed by atoms with Gasteiger partial charge in [0, 0.05) is 0 Å². The van der Waals surface area contributed by atoms with Crippen molar-refractivity contribution in [2.45, 2.75) is 18.6 Å². The van der Waals surface area contributed by atoms with Crippen molar-refractivity contribution in [2.75, 3.05) is 0 Å². The van der Waals surface area contributed by atoms with Crippen molar-refractivity contribution in [1.29, 1.82) is 0 Å². The maximum Gasteiger partial charge on any atom is 0.416 e. The first-order valence-electron chi connectivity index (χ1n) is 4.42. The summed E-state index contributed by atoms with van der Waals surface area (Å²) in [6.45, 7) is 1.35. The Hall–Kier alpha value is -1.56. The smallest absolute Gasteiger partial charge is 0.368 e. The molecule has 0 aromatic heterocycles. The standard InChI is InChI=1S/C10H11F3N2O/c1-9(15,8(14)16)6-2-4-7(5-3-6)10(11,12)13/h2-5H,15H2,1H3,(H2,14,16). The van der Waals surface area contributed by atoms with Gasteiger partial charge in [-0.25, -0.2) is 0 Å². The Balaban J connectivity index is 3.09. The first-order valence-corrected chi connectivity index (χ1v) is 4.42. The summed E-state index contributed by atoms with van der Waals surface area (Å²) in [6, 6.07) is 4.02. The number of nitrogens with two attached hydrogens (primary N) is 2. The minimum atomic E-state index is -4.41. The number of benzene rings is 1. The van der Waals surface area contributed by atoms with Crippen LogP contribution in [-0.2, 0) is 16.5 Å². The maximum atomic E-state index is 12.3. The van der Waals surface area contributed by atoms with E-state index in [0.29, 0.717) is 0 Å². The minimum Gasteiger partial charge on any atom is -0.368 e. The number of hydrogen-bond donors (Lipinski definition) is 2. The van der Waals surface area contributed by atoms with Crippen LogP contribution < -0.4 is 11.5 Å². The van der Waals surface area contributed by atoms with Crippen LogP contribution in [0.4, 0.5) is 13.2 Å². The lowest BCUT2D eigenvalue weighted by atomic mass is 9.92.